The molecule has 0 aliphatic rings. The van der Waals surface area contributed by atoms with Crippen molar-refractivity contribution in [2.24, 2.45) is 0 Å². The molecule has 100 valence electrons. The van der Waals surface area contributed by atoms with Crippen molar-refractivity contribution in [3.63, 3.8) is 0 Å². The third-order valence-electron chi connectivity index (χ3n) is 2.71. The van der Waals surface area contributed by atoms with E-state index in [2.05, 4.69) is 15.3 Å². The van der Waals surface area contributed by atoms with Crippen LogP contribution in [0.5, 0.6) is 5.75 Å². The molecular formula is C14H16FN3O. The van der Waals surface area contributed by atoms with E-state index in [1.165, 1.54) is 12.3 Å². The number of aromatic nitrogens is 2. The summed E-state index contributed by atoms with van der Waals surface area (Å²) in [7, 11) is 1.82. The van der Waals surface area contributed by atoms with Crippen LogP contribution in [0.15, 0.2) is 36.8 Å². The largest absolute Gasteiger partial charge is 0.492 e. The van der Waals surface area contributed by atoms with Gasteiger partial charge >= 0.3 is 0 Å². The van der Waals surface area contributed by atoms with Crippen LogP contribution >= 0.6 is 0 Å². The van der Waals surface area contributed by atoms with Gasteiger partial charge in [0, 0.05) is 6.20 Å². The predicted molar refractivity (Wildman–Crippen MR) is 70.5 cm³/mol. The van der Waals surface area contributed by atoms with E-state index >= 15 is 0 Å². The number of nitrogens with zero attached hydrogens (tertiary/aromatic N) is 2. The van der Waals surface area contributed by atoms with Crippen LogP contribution in [0.25, 0.3) is 0 Å². The van der Waals surface area contributed by atoms with Crippen LogP contribution in [-0.2, 0) is 0 Å². The number of nitrogens with one attached hydrogen (secondary N) is 1. The van der Waals surface area contributed by atoms with Crippen molar-refractivity contribution < 1.29 is 9.13 Å². The van der Waals surface area contributed by atoms with Gasteiger partial charge in [0.15, 0.2) is 0 Å². The molecule has 0 saturated heterocycles. The molecule has 4 nitrogen and oxygen atoms in total. The van der Waals surface area contributed by atoms with E-state index in [9.17, 15) is 4.39 Å². The number of halogens is 1. The van der Waals surface area contributed by atoms with Crippen molar-refractivity contribution in [3.8, 4) is 5.75 Å². The zero-order valence-electron chi connectivity index (χ0n) is 10.9. The van der Waals surface area contributed by atoms with Gasteiger partial charge in [-0.3, -0.25) is 9.97 Å². The zero-order chi connectivity index (χ0) is 13.7. The zero-order valence-corrected chi connectivity index (χ0v) is 10.9. The van der Waals surface area contributed by atoms with Gasteiger partial charge in [0.05, 0.1) is 30.7 Å². The number of ether oxygens (including phenoxy) is 1. The molecule has 0 saturated carbocycles. The van der Waals surface area contributed by atoms with E-state index in [0.717, 1.165) is 11.3 Å². The standard InChI is InChI=1S/C14H16FN3O/c1-3-19-12-6-10(7-17-9-12)14(16-2)13-5-4-11(15)8-18-13/h4-9,14,16H,3H2,1-2H3. The van der Waals surface area contributed by atoms with Crippen LogP contribution < -0.4 is 10.1 Å². The number of pyridine rings is 2. The first-order chi connectivity index (χ1) is 9.24. The molecule has 0 radical (unpaired) electrons. The molecule has 0 bridgehead atoms. The van der Waals surface area contributed by atoms with Gasteiger partial charge in [-0.25, -0.2) is 4.39 Å². The van der Waals surface area contributed by atoms with Crippen LogP contribution in [0.3, 0.4) is 0 Å². The second-order valence-corrected chi connectivity index (χ2v) is 4.01. The first-order valence-electron chi connectivity index (χ1n) is 6.11. The highest BCUT2D eigenvalue weighted by Gasteiger charge is 2.14. The van der Waals surface area contributed by atoms with Crippen molar-refractivity contribution in [1.29, 1.82) is 0 Å². The predicted octanol–water partition coefficient (Wildman–Crippen LogP) is 2.32. The van der Waals surface area contributed by atoms with E-state index in [4.69, 9.17) is 4.74 Å². The van der Waals surface area contributed by atoms with Crippen molar-refractivity contribution in [2.45, 2.75) is 13.0 Å². The SMILES string of the molecule is CCOc1cncc(C(NC)c2ccc(F)cn2)c1. The van der Waals surface area contributed by atoms with Gasteiger partial charge in [-0.15, -0.1) is 0 Å². The van der Waals surface area contributed by atoms with Crippen LogP contribution in [0.2, 0.25) is 0 Å². The molecule has 2 aromatic heterocycles. The lowest BCUT2D eigenvalue weighted by molar-refractivity contribution is 0.338. The Kier molecular flexibility index (Phi) is 4.41. The second-order valence-electron chi connectivity index (χ2n) is 4.01. The quantitative estimate of drug-likeness (QED) is 0.897. The Morgan fingerprint density at radius 2 is 2.16 bits per heavy atom. The third kappa shape index (κ3) is 3.26. The maximum atomic E-state index is 12.9. The summed E-state index contributed by atoms with van der Waals surface area (Å²) in [5, 5.41) is 3.14. The summed E-state index contributed by atoms with van der Waals surface area (Å²) in [5.74, 6) is 0.363. The number of hydrogen-bond acceptors (Lipinski definition) is 4. The maximum Gasteiger partial charge on any atom is 0.141 e. The monoisotopic (exact) mass is 261 g/mol. The summed E-state index contributed by atoms with van der Waals surface area (Å²) in [5.41, 5.74) is 1.66. The average Bonchev–Trinajstić information content (AvgIpc) is 2.43. The molecule has 0 aromatic carbocycles. The van der Waals surface area contributed by atoms with Gasteiger partial charge in [-0.05, 0) is 37.7 Å². The highest BCUT2D eigenvalue weighted by Crippen LogP contribution is 2.22. The topological polar surface area (TPSA) is 47.0 Å². The fraction of sp³-hybridized carbons (Fsp3) is 0.286. The lowest BCUT2D eigenvalue weighted by Gasteiger charge is -2.16. The molecule has 0 amide bonds. The minimum Gasteiger partial charge on any atom is -0.492 e. The van der Waals surface area contributed by atoms with Crippen molar-refractivity contribution in [3.05, 3.63) is 53.9 Å². The van der Waals surface area contributed by atoms with Crippen LogP contribution in [0.1, 0.15) is 24.2 Å². The number of rotatable bonds is 5. The molecule has 1 atom stereocenters. The van der Waals surface area contributed by atoms with Crippen molar-refractivity contribution in [2.75, 3.05) is 13.7 Å². The van der Waals surface area contributed by atoms with Gasteiger partial charge in [0.2, 0.25) is 0 Å². The van der Waals surface area contributed by atoms with Gasteiger partial charge < -0.3 is 10.1 Å². The van der Waals surface area contributed by atoms with E-state index in [0.29, 0.717) is 12.4 Å². The summed E-state index contributed by atoms with van der Waals surface area (Å²) in [6.45, 7) is 2.51. The highest BCUT2D eigenvalue weighted by atomic mass is 19.1. The Labute approximate surface area is 111 Å². The van der Waals surface area contributed by atoms with Crippen LogP contribution in [-0.4, -0.2) is 23.6 Å². The Morgan fingerprint density at radius 1 is 1.32 bits per heavy atom. The molecule has 2 rings (SSSR count). The molecule has 0 fully saturated rings. The summed E-state index contributed by atoms with van der Waals surface area (Å²) < 4.78 is 18.3. The van der Waals surface area contributed by atoms with E-state index in [1.54, 1.807) is 18.5 Å². The Balaban J connectivity index is 2.30. The molecule has 1 unspecified atom stereocenters. The summed E-state index contributed by atoms with van der Waals surface area (Å²) in [4.78, 5) is 8.24. The third-order valence-corrected chi connectivity index (χ3v) is 2.71. The molecular weight excluding hydrogens is 245 g/mol. The average molecular weight is 261 g/mol. The van der Waals surface area contributed by atoms with E-state index in [-0.39, 0.29) is 11.9 Å². The van der Waals surface area contributed by atoms with E-state index < -0.39 is 0 Å². The van der Waals surface area contributed by atoms with Crippen LogP contribution in [0, 0.1) is 5.82 Å². The maximum absolute atomic E-state index is 12.9. The van der Waals surface area contributed by atoms with E-state index in [1.807, 2.05) is 20.0 Å². The fourth-order valence-electron chi connectivity index (χ4n) is 1.88. The minimum absolute atomic E-state index is 0.145. The van der Waals surface area contributed by atoms with Crippen LogP contribution in [0.4, 0.5) is 4.39 Å². The highest BCUT2D eigenvalue weighted by molar-refractivity contribution is 5.31. The second kappa shape index (κ2) is 6.24. The Bertz CT molecular complexity index is 530. The summed E-state index contributed by atoms with van der Waals surface area (Å²) in [6.07, 6.45) is 4.62. The molecule has 0 aliphatic heterocycles. The Morgan fingerprint density at radius 3 is 2.79 bits per heavy atom. The van der Waals surface area contributed by atoms with Gasteiger partial charge in [0.1, 0.15) is 11.6 Å². The molecule has 1 N–H and O–H groups in total. The first-order valence-corrected chi connectivity index (χ1v) is 6.11. The molecule has 2 aromatic rings. The van der Waals surface area contributed by atoms with Gasteiger partial charge in [0.25, 0.3) is 0 Å². The molecule has 2 heterocycles. The molecule has 0 aliphatic carbocycles. The number of hydrogen-bond donors (Lipinski definition) is 1. The molecule has 19 heavy (non-hydrogen) atoms. The van der Waals surface area contributed by atoms with Gasteiger partial charge in [-0.1, -0.05) is 0 Å². The van der Waals surface area contributed by atoms with Crippen molar-refractivity contribution >= 4 is 0 Å². The molecule has 5 heteroatoms. The lowest BCUT2D eigenvalue weighted by Crippen LogP contribution is -2.19. The summed E-state index contributed by atoms with van der Waals surface area (Å²) in [6, 6.07) is 4.81. The first kappa shape index (κ1) is 13.4. The lowest BCUT2D eigenvalue weighted by atomic mass is 10.1. The molecule has 0 spiro atoms. The summed E-state index contributed by atoms with van der Waals surface area (Å²) >= 11 is 0. The fourth-order valence-corrected chi connectivity index (χ4v) is 1.88. The minimum atomic E-state index is -0.347. The van der Waals surface area contributed by atoms with Crippen molar-refractivity contribution in [1.82, 2.24) is 15.3 Å². The smallest absolute Gasteiger partial charge is 0.141 e. The normalized spacial score (nSPS) is 12.2. The van der Waals surface area contributed by atoms with Gasteiger partial charge in [-0.2, -0.15) is 0 Å². The Hall–Kier alpha value is -2.01.